The maximum atomic E-state index is 2.56. The van der Waals surface area contributed by atoms with Gasteiger partial charge in [-0.25, -0.2) is 0 Å². The molecule has 0 spiro atoms. The summed E-state index contributed by atoms with van der Waals surface area (Å²) in [4.78, 5) is 2.27. The molecule has 2 heteroatoms. The predicted molar refractivity (Wildman–Crippen MR) is 64.4 cm³/mol. The van der Waals surface area contributed by atoms with E-state index < -0.39 is 0 Å². The average molecular weight is 206 g/mol. The van der Waals surface area contributed by atoms with Crippen LogP contribution in [0.2, 0.25) is 0 Å². The molecule has 2 heterocycles. The third-order valence-electron chi connectivity index (χ3n) is 3.37. The Kier molecular flexibility index (Phi) is 3.15. The maximum absolute atomic E-state index is 2.56. The number of rotatable bonds is 3. The second kappa shape index (κ2) is 4.40. The summed E-state index contributed by atoms with van der Waals surface area (Å²) in [5.74, 6) is 0. The number of aromatic nitrogens is 1. The first kappa shape index (κ1) is 10.7. The molecule has 1 aliphatic heterocycles. The van der Waals surface area contributed by atoms with Crippen molar-refractivity contribution >= 4 is 0 Å². The van der Waals surface area contributed by atoms with E-state index in [0.29, 0.717) is 0 Å². The van der Waals surface area contributed by atoms with Crippen LogP contribution in [0.5, 0.6) is 0 Å². The molecule has 0 amide bonds. The lowest BCUT2D eigenvalue weighted by atomic mass is 10.1. The van der Waals surface area contributed by atoms with Crippen molar-refractivity contribution < 1.29 is 0 Å². The number of nitrogens with zero attached hydrogens (tertiary/aromatic N) is 2. The SMILES string of the molecule is Cc1cc2n(c1CCN(C)C)CCCC2. The molecule has 0 saturated carbocycles. The van der Waals surface area contributed by atoms with Crippen LogP contribution in [0.1, 0.15) is 29.8 Å². The maximum Gasteiger partial charge on any atom is 0.0225 e. The molecule has 0 fully saturated rings. The molecule has 2 rings (SSSR count). The predicted octanol–water partition coefficient (Wildman–Crippen LogP) is 2.24. The second-order valence-electron chi connectivity index (χ2n) is 4.93. The van der Waals surface area contributed by atoms with Crippen molar-refractivity contribution in [2.45, 2.75) is 39.2 Å². The van der Waals surface area contributed by atoms with E-state index in [4.69, 9.17) is 0 Å². The summed E-state index contributed by atoms with van der Waals surface area (Å²) >= 11 is 0. The van der Waals surface area contributed by atoms with Gasteiger partial charge in [-0.1, -0.05) is 0 Å². The molecule has 0 aliphatic carbocycles. The summed E-state index contributed by atoms with van der Waals surface area (Å²) in [6, 6.07) is 2.39. The first-order valence-electron chi connectivity index (χ1n) is 6.01. The van der Waals surface area contributed by atoms with Gasteiger partial charge >= 0.3 is 0 Å². The summed E-state index contributed by atoms with van der Waals surface area (Å²) in [5, 5.41) is 0. The third-order valence-corrected chi connectivity index (χ3v) is 3.37. The zero-order chi connectivity index (χ0) is 10.8. The van der Waals surface area contributed by atoms with Crippen LogP contribution in [0.3, 0.4) is 0 Å². The van der Waals surface area contributed by atoms with E-state index in [2.05, 4.69) is 36.6 Å². The van der Waals surface area contributed by atoms with Gasteiger partial charge in [0.15, 0.2) is 0 Å². The molecule has 0 radical (unpaired) electrons. The molecule has 0 atom stereocenters. The molecule has 0 saturated heterocycles. The minimum Gasteiger partial charge on any atom is -0.348 e. The van der Waals surface area contributed by atoms with Crippen molar-refractivity contribution in [3.05, 3.63) is 23.0 Å². The van der Waals surface area contributed by atoms with Gasteiger partial charge in [0.1, 0.15) is 0 Å². The fourth-order valence-electron chi connectivity index (χ4n) is 2.52. The number of hydrogen-bond acceptors (Lipinski definition) is 1. The highest BCUT2D eigenvalue weighted by Crippen LogP contribution is 2.22. The van der Waals surface area contributed by atoms with Crippen molar-refractivity contribution in [2.75, 3.05) is 20.6 Å². The molecule has 1 aliphatic rings. The summed E-state index contributed by atoms with van der Waals surface area (Å²) in [6.07, 6.45) is 5.20. The van der Waals surface area contributed by atoms with Crippen LogP contribution >= 0.6 is 0 Å². The van der Waals surface area contributed by atoms with E-state index in [1.165, 1.54) is 37.8 Å². The van der Waals surface area contributed by atoms with E-state index in [9.17, 15) is 0 Å². The summed E-state index contributed by atoms with van der Waals surface area (Å²) in [5.41, 5.74) is 4.62. The van der Waals surface area contributed by atoms with Crippen molar-refractivity contribution in [3.63, 3.8) is 0 Å². The van der Waals surface area contributed by atoms with Gasteiger partial charge in [-0.3, -0.25) is 0 Å². The third kappa shape index (κ3) is 2.25. The van der Waals surface area contributed by atoms with Crippen LogP contribution in [0, 0.1) is 6.92 Å². The Morgan fingerprint density at radius 3 is 2.87 bits per heavy atom. The number of likely N-dealkylation sites (N-methyl/N-ethyl adjacent to an activating group) is 1. The minimum atomic E-state index is 1.16. The van der Waals surface area contributed by atoms with Gasteiger partial charge in [0.05, 0.1) is 0 Å². The molecule has 84 valence electrons. The highest BCUT2D eigenvalue weighted by molar-refractivity contribution is 5.28. The van der Waals surface area contributed by atoms with Crippen molar-refractivity contribution in [3.8, 4) is 0 Å². The average Bonchev–Trinajstić information content (AvgIpc) is 2.50. The molecule has 1 aromatic heterocycles. The van der Waals surface area contributed by atoms with Crippen molar-refractivity contribution in [1.29, 1.82) is 0 Å². The zero-order valence-electron chi connectivity index (χ0n) is 10.2. The Hall–Kier alpha value is -0.760. The van der Waals surface area contributed by atoms with Gasteiger partial charge in [0, 0.05) is 30.9 Å². The molecule has 0 bridgehead atoms. The lowest BCUT2D eigenvalue weighted by Gasteiger charge is -2.19. The topological polar surface area (TPSA) is 8.17 Å². The Morgan fingerprint density at radius 2 is 2.13 bits per heavy atom. The number of hydrogen-bond donors (Lipinski definition) is 0. The van der Waals surface area contributed by atoms with Crippen LogP contribution in [0.4, 0.5) is 0 Å². The highest BCUT2D eigenvalue weighted by Gasteiger charge is 2.15. The fourth-order valence-corrected chi connectivity index (χ4v) is 2.52. The molecule has 1 aromatic rings. The fraction of sp³-hybridized carbons (Fsp3) is 0.692. The molecular formula is C13H22N2. The lowest BCUT2D eigenvalue weighted by molar-refractivity contribution is 0.404. The lowest BCUT2D eigenvalue weighted by Crippen LogP contribution is -2.19. The van der Waals surface area contributed by atoms with E-state index >= 15 is 0 Å². The number of fused-ring (bicyclic) bond motifs is 1. The summed E-state index contributed by atoms with van der Waals surface area (Å²) in [6.45, 7) is 4.66. The van der Waals surface area contributed by atoms with Crippen LogP contribution < -0.4 is 0 Å². The molecule has 0 aromatic carbocycles. The highest BCUT2D eigenvalue weighted by atomic mass is 15.1. The largest absolute Gasteiger partial charge is 0.348 e. The monoisotopic (exact) mass is 206 g/mol. The van der Waals surface area contributed by atoms with Gasteiger partial charge in [0.25, 0.3) is 0 Å². The van der Waals surface area contributed by atoms with Crippen molar-refractivity contribution in [1.82, 2.24) is 9.47 Å². The first-order chi connectivity index (χ1) is 7.18. The van der Waals surface area contributed by atoms with E-state index in [1.807, 2.05) is 0 Å². The molecular weight excluding hydrogens is 184 g/mol. The van der Waals surface area contributed by atoms with Gasteiger partial charge in [-0.2, -0.15) is 0 Å². The van der Waals surface area contributed by atoms with Crippen molar-refractivity contribution in [2.24, 2.45) is 0 Å². The Bertz CT molecular complexity index is 337. The van der Waals surface area contributed by atoms with Gasteiger partial charge in [0.2, 0.25) is 0 Å². The summed E-state index contributed by atoms with van der Waals surface area (Å²) < 4.78 is 2.56. The van der Waals surface area contributed by atoms with Crippen LogP contribution in [0.15, 0.2) is 6.07 Å². The Labute approximate surface area is 92.9 Å². The van der Waals surface area contributed by atoms with Crippen LogP contribution in [-0.4, -0.2) is 30.1 Å². The molecule has 15 heavy (non-hydrogen) atoms. The van der Waals surface area contributed by atoms with E-state index in [1.54, 1.807) is 11.4 Å². The standard InChI is InChI=1S/C13H22N2/c1-11-10-12-6-4-5-8-15(12)13(11)7-9-14(2)3/h10H,4-9H2,1-3H3. The second-order valence-corrected chi connectivity index (χ2v) is 4.93. The van der Waals surface area contributed by atoms with Gasteiger partial charge < -0.3 is 9.47 Å². The smallest absolute Gasteiger partial charge is 0.0225 e. The van der Waals surface area contributed by atoms with Gasteiger partial charge in [-0.05, 0) is 51.9 Å². The van der Waals surface area contributed by atoms with E-state index in [-0.39, 0.29) is 0 Å². The molecule has 2 nitrogen and oxygen atoms in total. The zero-order valence-corrected chi connectivity index (χ0v) is 10.2. The van der Waals surface area contributed by atoms with Crippen LogP contribution in [0.25, 0.3) is 0 Å². The number of aryl methyl sites for hydroxylation is 2. The normalized spacial score (nSPS) is 15.7. The summed E-state index contributed by atoms with van der Waals surface area (Å²) in [7, 11) is 4.30. The Morgan fingerprint density at radius 1 is 1.33 bits per heavy atom. The quantitative estimate of drug-likeness (QED) is 0.736. The van der Waals surface area contributed by atoms with Crippen LogP contribution in [-0.2, 0) is 19.4 Å². The minimum absolute atomic E-state index is 1.16. The molecule has 0 N–H and O–H groups in total. The van der Waals surface area contributed by atoms with E-state index in [0.717, 1.165) is 6.54 Å². The van der Waals surface area contributed by atoms with Gasteiger partial charge in [-0.15, -0.1) is 0 Å². The molecule has 0 unspecified atom stereocenters. The first-order valence-corrected chi connectivity index (χ1v) is 6.01. The Balaban J connectivity index is 2.18.